The van der Waals surface area contributed by atoms with Gasteiger partial charge >= 0.3 is 0 Å². The Bertz CT molecular complexity index is 1420. The summed E-state index contributed by atoms with van der Waals surface area (Å²) >= 11 is 5.10. The highest BCUT2D eigenvalue weighted by molar-refractivity contribution is 7.80. The second-order valence-corrected chi connectivity index (χ2v) is 8.28. The topological polar surface area (TPSA) is 120 Å². The molecule has 0 aliphatic carbocycles. The van der Waals surface area contributed by atoms with E-state index < -0.39 is 16.7 Å². The Labute approximate surface area is 211 Å². The number of amides is 2. The minimum absolute atomic E-state index is 0.00922. The van der Waals surface area contributed by atoms with Gasteiger partial charge < -0.3 is 9.30 Å². The number of nitro groups is 1. The number of nitrogens with zero attached hydrogens (tertiary/aromatic N) is 4. The third kappa shape index (κ3) is 4.77. The van der Waals surface area contributed by atoms with Crippen molar-refractivity contribution in [2.24, 2.45) is 0 Å². The number of rotatable bonds is 7. The van der Waals surface area contributed by atoms with Gasteiger partial charge in [0.2, 0.25) is 5.88 Å². The van der Waals surface area contributed by atoms with Gasteiger partial charge in [0.25, 0.3) is 17.5 Å². The van der Waals surface area contributed by atoms with Gasteiger partial charge in [0.15, 0.2) is 5.11 Å². The molecule has 10 nitrogen and oxygen atoms in total. The standard InChI is InChI=1S/C25H21N5O5S/c1-4-11-28-24(32)21(23(31)27-25(28)36)13-17-12-15(2)29(16(17)3)18-5-8-20(9-6-18)35-22-10-7-19(14-26-22)30(33)34/h4-10,12-14H,1,11H2,2-3H3,(H,27,31,36)/b21-13+. The lowest BCUT2D eigenvalue weighted by atomic mass is 10.1. The van der Waals surface area contributed by atoms with Gasteiger partial charge in [-0.3, -0.25) is 29.9 Å². The first-order valence-electron chi connectivity index (χ1n) is 10.8. The summed E-state index contributed by atoms with van der Waals surface area (Å²) in [5, 5.41) is 13.4. The van der Waals surface area contributed by atoms with Crippen LogP contribution in [0.15, 0.2) is 66.9 Å². The fourth-order valence-electron chi connectivity index (χ4n) is 3.80. The summed E-state index contributed by atoms with van der Waals surface area (Å²) in [6.07, 6.45) is 4.23. The molecule has 1 saturated heterocycles. The third-order valence-corrected chi connectivity index (χ3v) is 5.84. The zero-order valence-electron chi connectivity index (χ0n) is 19.4. The van der Waals surface area contributed by atoms with Crippen molar-refractivity contribution in [2.45, 2.75) is 13.8 Å². The predicted molar refractivity (Wildman–Crippen MR) is 137 cm³/mol. The number of nitrogens with one attached hydrogen (secondary N) is 1. The number of pyridine rings is 1. The highest BCUT2D eigenvalue weighted by Gasteiger charge is 2.32. The number of carbonyl (C=O) groups is 2. The van der Waals surface area contributed by atoms with Crippen LogP contribution in [-0.4, -0.2) is 42.8 Å². The Hall–Kier alpha value is -4.64. The highest BCUT2D eigenvalue weighted by Crippen LogP contribution is 2.27. The molecule has 2 aromatic heterocycles. The quantitative estimate of drug-likeness (QED) is 0.129. The van der Waals surface area contributed by atoms with E-state index in [4.69, 9.17) is 17.0 Å². The van der Waals surface area contributed by atoms with Crippen LogP contribution in [0, 0.1) is 24.0 Å². The molecule has 0 bridgehead atoms. The summed E-state index contributed by atoms with van der Waals surface area (Å²) in [5.74, 6) is -0.282. The predicted octanol–water partition coefficient (Wildman–Crippen LogP) is 4.00. The van der Waals surface area contributed by atoms with Crippen molar-refractivity contribution in [3.05, 3.63) is 94.0 Å². The second-order valence-electron chi connectivity index (χ2n) is 7.89. The van der Waals surface area contributed by atoms with E-state index in [1.165, 1.54) is 23.1 Å². The minimum atomic E-state index is -0.545. The molecule has 1 aromatic carbocycles. The van der Waals surface area contributed by atoms with E-state index in [1.807, 2.05) is 36.6 Å². The zero-order valence-corrected chi connectivity index (χ0v) is 20.2. The van der Waals surface area contributed by atoms with Gasteiger partial charge in [-0.1, -0.05) is 6.08 Å². The first kappa shape index (κ1) is 24.5. The molecule has 0 saturated carbocycles. The fraction of sp³-hybridized carbons (Fsp3) is 0.120. The first-order chi connectivity index (χ1) is 17.2. The average Bonchev–Trinajstić information content (AvgIpc) is 3.13. The van der Waals surface area contributed by atoms with Crippen LogP contribution in [-0.2, 0) is 9.59 Å². The number of aromatic nitrogens is 2. The largest absolute Gasteiger partial charge is 0.439 e. The summed E-state index contributed by atoms with van der Waals surface area (Å²) < 4.78 is 7.66. The molecule has 3 heterocycles. The number of hydrogen-bond donors (Lipinski definition) is 1. The third-order valence-electron chi connectivity index (χ3n) is 5.52. The van der Waals surface area contributed by atoms with Crippen molar-refractivity contribution in [3.63, 3.8) is 0 Å². The molecule has 2 amide bonds. The van der Waals surface area contributed by atoms with Crippen LogP contribution >= 0.6 is 12.2 Å². The Morgan fingerprint density at radius 3 is 2.53 bits per heavy atom. The maximum Gasteiger partial charge on any atom is 0.287 e. The van der Waals surface area contributed by atoms with E-state index >= 15 is 0 Å². The van der Waals surface area contributed by atoms with E-state index in [9.17, 15) is 19.7 Å². The Morgan fingerprint density at radius 1 is 1.19 bits per heavy atom. The van der Waals surface area contributed by atoms with E-state index in [1.54, 1.807) is 18.2 Å². The van der Waals surface area contributed by atoms with E-state index in [2.05, 4.69) is 16.9 Å². The molecule has 0 atom stereocenters. The maximum atomic E-state index is 12.9. The van der Waals surface area contributed by atoms with Crippen molar-refractivity contribution >= 4 is 40.9 Å². The number of carbonyl (C=O) groups excluding carboxylic acids is 2. The molecule has 36 heavy (non-hydrogen) atoms. The van der Waals surface area contributed by atoms with Gasteiger partial charge in [-0.05, 0) is 68.0 Å². The molecule has 0 unspecified atom stereocenters. The number of hydrogen-bond acceptors (Lipinski definition) is 7. The zero-order chi connectivity index (χ0) is 26.0. The van der Waals surface area contributed by atoms with Gasteiger partial charge in [-0.25, -0.2) is 4.98 Å². The van der Waals surface area contributed by atoms with Gasteiger partial charge in [-0.2, -0.15) is 0 Å². The molecular weight excluding hydrogens is 482 g/mol. The van der Waals surface area contributed by atoms with Crippen LogP contribution < -0.4 is 10.1 Å². The Balaban J connectivity index is 1.59. The lowest BCUT2D eigenvalue weighted by Gasteiger charge is -2.27. The molecule has 0 spiro atoms. The van der Waals surface area contributed by atoms with Crippen LogP contribution in [0.4, 0.5) is 5.69 Å². The summed E-state index contributed by atoms with van der Waals surface area (Å²) in [5.41, 5.74) is 3.15. The van der Waals surface area contributed by atoms with Gasteiger partial charge in [0.1, 0.15) is 17.5 Å². The molecule has 0 radical (unpaired) electrons. The molecule has 4 rings (SSSR count). The van der Waals surface area contributed by atoms with Crippen molar-refractivity contribution in [1.82, 2.24) is 19.8 Å². The number of thiocarbonyl (C=S) groups is 1. The van der Waals surface area contributed by atoms with Crippen LogP contribution in [0.2, 0.25) is 0 Å². The second kappa shape index (κ2) is 9.92. The number of aryl methyl sites for hydroxylation is 1. The molecule has 1 N–H and O–H groups in total. The van der Waals surface area contributed by atoms with E-state index in [0.717, 1.165) is 23.3 Å². The van der Waals surface area contributed by atoms with Crippen molar-refractivity contribution in [1.29, 1.82) is 0 Å². The summed E-state index contributed by atoms with van der Waals surface area (Å²) in [4.78, 5) is 40.8. The fourth-order valence-corrected chi connectivity index (χ4v) is 4.05. The monoisotopic (exact) mass is 503 g/mol. The summed E-state index contributed by atoms with van der Waals surface area (Å²) in [7, 11) is 0. The smallest absolute Gasteiger partial charge is 0.287 e. The molecule has 11 heteroatoms. The Kier molecular flexibility index (Phi) is 6.75. The summed E-state index contributed by atoms with van der Waals surface area (Å²) in [6.45, 7) is 7.63. The van der Waals surface area contributed by atoms with E-state index in [0.29, 0.717) is 11.3 Å². The van der Waals surface area contributed by atoms with Crippen molar-refractivity contribution in [3.8, 4) is 17.3 Å². The maximum absolute atomic E-state index is 12.9. The van der Waals surface area contributed by atoms with Gasteiger partial charge in [0, 0.05) is 35.8 Å². The van der Waals surface area contributed by atoms with Crippen molar-refractivity contribution < 1.29 is 19.2 Å². The van der Waals surface area contributed by atoms with E-state index in [-0.39, 0.29) is 28.8 Å². The van der Waals surface area contributed by atoms with Gasteiger partial charge in [0.05, 0.1) is 4.92 Å². The van der Waals surface area contributed by atoms with Gasteiger partial charge in [-0.15, -0.1) is 6.58 Å². The van der Waals surface area contributed by atoms with Crippen LogP contribution in [0.1, 0.15) is 17.0 Å². The van der Waals surface area contributed by atoms with Crippen molar-refractivity contribution in [2.75, 3.05) is 6.54 Å². The molecule has 3 aromatic rings. The SMILES string of the molecule is C=CCN1C(=O)/C(=C/c2cc(C)n(-c3ccc(Oc4ccc([N+](=O)[O-])cn4)cc3)c2C)C(=O)NC1=S. The molecule has 1 aliphatic rings. The molecular formula is C25H21N5O5S. The molecule has 182 valence electrons. The first-order valence-corrected chi connectivity index (χ1v) is 11.2. The van der Waals surface area contributed by atoms with Crippen LogP contribution in [0.5, 0.6) is 11.6 Å². The minimum Gasteiger partial charge on any atom is -0.439 e. The average molecular weight is 504 g/mol. The molecule has 1 aliphatic heterocycles. The lowest BCUT2D eigenvalue weighted by Crippen LogP contribution is -2.53. The highest BCUT2D eigenvalue weighted by atomic mass is 32.1. The molecule has 1 fully saturated rings. The Morgan fingerprint density at radius 2 is 1.92 bits per heavy atom. The van der Waals surface area contributed by atoms with Crippen LogP contribution in [0.3, 0.4) is 0 Å². The van der Waals surface area contributed by atoms with Crippen LogP contribution in [0.25, 0.3) is 11.8 Å². The number of benzene rings is 1. The number of ether oxygens (including phenoxy) is 1. The normalized spacial score (nSPS) is 14.7. The summed E-state index contributed by atoms with van der Waals surface area (Å²) in [6, 6.07) is 11.8. The lowest BCUT2D eigenvalue weighted by molar-refractivity contribution is -0.385.